The maximum atomic E-state index is 13.9. The van der Waals surface area contributed by atoms with E-state index in [2.05, 4.69) is 15.0 Å². The number of nitroso groups, excluding NO2 is 1. The average Bonchev–Trinajstić information content (AvgIpc) is 2.96. The van der Waals surface area contributed by atoms with Gasteiger partial charge < -0.3 is 9.80 Å². The van der Waals surface area contributed by atoms with Gasteiger partial charge in [-0.1, -0.05) is 5.18 Å². The van der Waals surface area contributed by atoms with Crippen LogP contribution in [0.1, 0.15) is 24.3 Å². The summed E-state index contributed by atoms with van der Waals surface area (Å²) in [5.41, 5.74) is 2.95. The van der Waals surface area contributed by atoms with Crippen LogP contribution in [-0.2, 0) is 0 Å². The van der Waals surface area contributed by atoms with Crippen LogP contribution in [0.4, 0.5) is 20.2 Å². The van der Waals surface area contributed by atoms with Crippen molar-refractivity contribution in [2.45, 2.75) is 24.8 Å². The van der Waals surface area contributed by atoms with E-state index in [0.29, 0.717) is 6.54 Å². The van der Waals surface area contributed by atoms with Crippen molar-refractivity contribution in [2.24, 2.45) is 5.18 Å². The van der Waals surface area contributed by atoms with E-state index in [-0.39, 0.29) is 23.6 Å². The lowest BCUT2D eigenvalue weighted by molar-refractivity contribution is 0.195. The van der Waals surface area contributed by atoms with E-state index < -0.39 is 0 Å². The van der Waals surface area contributed by atoms with Crippen LogP contribution in [0, 0.1) is 16.5 Å². The first-order valence-electron chi connectivity index (χ1n) is 9.03. The van der Waals surface area contributed by atoms with Crippen LogP contribution in [0.3, 0.4) is 0 Å². The van der Waals surface area contributed by atoms with Crippen molar-refractivity contribution in [3.8, 4) is 0 Å². The molecule has 4 rings (SSSR count). The fourth-order valence-electron chi connectivity index (χ4n) is 4.34. The summed E-state index contributed by atoms with van der Waals surface area (Å²) in [5.74, 6) is -0.295. The molecule has 136 valence electrons. The maximum Gasteiger partial charge on any atom is 0.123 e. The summed E-state index contributed by atoms with van der Waals surface area (Å²) in [6, 6.07) is 11.7. The third kappa shape index (κ3) is 3.09. The van der Waals surface area contributed by atoms with Gasteiger partial charge in [0.2, 0.25) is 0 Å². The lowest BCUT2D eigenvalue weighted by atomic mass is 9.89. The van der Waals surface area contributed by atoms with Crippen molar-refractivity contribution in [1.82, 2.24) is 4.90 Å². The van der Waals surface area contributed by atoms with Gasteiger partial charge in [-0.15, -0.1) is 0 Å². The summed E-state index contributed by atoms with van der Waals surface area (Å²) in [7, 11) is 0. The zero-order valence-electron chi connectivity index (χ0n) is 14.4. The van der Waals surface area contributed by atoms with Gasteiger partial charge in [0.15, 0.2) is 0 Å². The van der Waals surface area contributed by atoms with Crippen LogP contribution in [0.15, 0.2) is 47.6 Å². The number of likely N-dealkylation sites (tertiary alicyclic amines) is 1. The molecule has 1 fully saturated rings. The first-order chi connectivity index (χ1) is 12.7. The summed E-state index contributed by atoms with van der Waals surface area (Å²) >= 11 is 0. The highest BCUT2D eigenvalue weighted by molar-refractivity contribution is 5.73. The number of nitrogens with zero attached hydrogens (tertiary/aromatic N) is 3. The molecule has 2 aromatic rings. The molecule has 0 unspecified atom stereocenters. The Morgan fingerprint density at radius 1 is 1.08 bits per heavy atom. The lowest BCUT2D eigenvalue weighted by Crippen LogP contribution is -2.45. The number of hydrogen-bond acceptors (Lipinski definition) is 4. The van der Waals surface area contributed by atoms with Crippen LogP contribution in [0.2, 0.25) is 0 Å². The van der Waals surface area contributed by atoms with Gasteiger partial charge in [-0.25, -0.2) is 8.78 Å². The molecule has 0 saturated carbocycles. The van der Waals surface area contributed by atoms with Crippen LogP contribution in [0.25, 0.3) is 0 Å². The van der Waals surface area contributed by atoms with Crippen molar-refractivity contribution in [3.05, 3.63) is 64.6 Å². The first-order valence-corrected chi connectivity index (χ1v) is 9.03. The molecule has 0 spiro atoms. The molecule has 2 aliphatic heterocycles. The Morgan fingerprint density at radius 2 is 1.85 bits per heavy atom. The van der Waals surface area contributed by atoms with Gasteiger partial charge in [-0.3, -0.25) is 0 Å². The molecule has 0 aromatic heterocycles. The summed E-state index contributed by atoms with van der Waals surface area (Å²) < 4.78 is 27.3. The second-order valence-corrected chi connectivity index (χ2v) is 7.02. The minimum absolute atomic E-state index is 0.198. The van der Waals surface area contributed by atoms with Gasteiger partial charge in [-0.2, -0.15) is 4.91 Å². The van der Waals surface area contributed by atoms with Crippen molar-refractivity contribution in [3.63, 3.8) is 0 Å². The summed E-state index contributed by atoms with van der Waals surface area (Å²) in [6.45, 7) is 2.92. The Balaban J connectivity index is 1.64. The number of rotatable bonds is 5. The standard InChI is InChI=1S/C20H21F2N3O/c21-14-2-5-16(6-3-14)25-19-7-4-15(22)12-17(19)18-13-24(10-1-9-23-26)11-8-20(18)25/h2-7,12,18,20H,1,8-11,13H2/t18-,20+/m0/s1. The van der Waals surface area contributed by atoms with E-state index in [0.717, 1.165) is 49.4 Å². The summed E-state index contributed by atoms with van der Waals surface area (Å²) in [5, 5.41) is 2.93. The van der Waals surface area contributed by atoms with E-state index in [1.165, 1.54) is 18.2 Å². The molecule has 2 heterocycles. The van der Waals surface area contributed by atoms with Crippen molar-refractivity contribution < 1.29 is 8.78 Å². The highest BCUT2D eigenvalue weighted by Gasteiger charge is 2.42. The van der Waals surface area contributed by atoms with Gasteiger partial charge in [0.1, 0.15) is 11.6 Å². The Labute approximate surface area is 151 Å². The molecule has 1 saturated heterocycles. The monoisotopic (exact) mass is 357 g/mol. The predicted octanol–water partition coefficient (Wildman–Crippen LogP) is 4.43. The van der Waals surface area contributed by atoms with Crippen LogP contribution in [0.5, 0.6) is 0 Å². The number of benzene rings is 2. The quantitative estimate of drug-likeness (QED) is 0.587. The third-order valence-electron chi connectivity index (χ3n) is 5.47. The Morgan fingerprint density at radius 3 is 2.62 bits per heavy atom. The second kappa shape index (κ2) is 7.11. The summed E-state index contributed by atoms with van der Waals surface area (Å²) in [6.07, 6.45) is 1.69. The molecule has 0 amide bonds. The van der Waals surface area contributed by atoms with Gasteiger partial charge in [-0.05, 0) is 60.9 Å². The minimum Gasteiger partial charge on any atom is -0.337 e. The van der Waals surface area contributed by atoms with Crippen molar-refractivity contribution in [2.75, 3.05) is 31.1 Å². The average molecular weight is 357 g/mol. The molecular weight excluding hydrogens is 336 g/mol. The third-order valence-corrected chi connectivity index (χ3v) is 5.47. The second-order valence-electron chi connectivity index (χ2n) is 7.02. The van der Waals surface area contributed by atoms with Crippen LogP contribution in [-0.4, -0.2) is 37.1 Å². The fourth-order valence-corrected chi connectivity index (χ4v) is 4.34. The maximum absolute atomic E-state index is 13.9. The topological polar surface area (TPSA) is 35.9 Å². The predicted molar refractivity (Wildman–Crippen MR) is 97.8 cm³/mol. The smallest absolute Gasteiger partial charge is 0.123 e. The highest BCUT2D eigenvalue weighted by Crippen LogP contribution is 2.48. The molecule has 0 radical (unpaired) electrons. The van der Waals surface area contributed by atoms with Crippen molar-refractivity contribution in [1.29, 1.82) is 0 Å². The molecule has 2 aliphatic rings. The molecule has 2 atom stereocenters. The Hall–Kier alpha value is -2.34. The van der Waals surface area contributed by atoms with E-state index in [4.69, 9.17) is 0 Å². The Bertz CT molecular complexity index is 796. The molecule has 2 aromatic carbocycles. The van der Waals surface area contributed by atoms with Gasteiger partial charge in [0.25, 0.3) is 0 Å². The van der Waals surface area contributed by atoms with E-state index in [1.54, 1.807) is 18.2 Å². The number of anilines is 2. The zero-order chi connectivity index (χ0) is 18.1. The fraction of sp³-hybridized carbons (Fsp3) is 0.400. The molecule has 0 aliphatic carbocycles. The van der Waals surface area contributed by atoms with Crippen molar-refractivity contribution >= 4 is 11.4 Å². The number of fused-ring (bicyclic) bond motifs is 3. The van der Waals surface area contributed by atoms with Gasteiger partial charge >= 0.3 is 0 Å². The van der Waals surface area contributed by atoms with Gasteiger partial charge in [0.05, 0.1) is 6.54 Å². The zero-order valence-corrected chi connectivity index (χ0v) is 14.4. The van der Waals surface area contributed by atoms with Gasteiger partial charge in [0, 0.05) is 43.0 Å². The molecule has 6 heteroatoms. The van der Waals surface area contributed by atoms with E-state index >= 15 is 0 Å². The molecule has 4 nitrogen and oxygen atoms in total. The number of hydrogen-bond donors (Lipinski definition) is 0. The summed E-state index contributed by atoms with van der Waals surface area (Å²) in [4.78, 5) is 14.9. The van der Waals surface area contributed by atoms with Crippen LogP contribution >= 0.6 is 0 Å². The largest absolute Gasteiger partial charge is 0.337 e. The molecule has 26 heavy (non-hydrogen) atoms. The van der Waals surface area contributed by atoms with E-state index in [9.17, 15) is 13.7 Å². The number of piperidine rings is 1. The number of halogens is 2. The molecular formula is C20H21F2N3O. The normalized spacial score (nSPS) is 22.2. The first kappa shape index (κ1) is 17.1. The highest BCUT2D eigenvalue weighted by atomic mass is 19.1. The molecule has 0 N–H and O–H groups in total. The Kier molecular flexibility index (Phi) is 4.68. The SMILES string of the molecule is O=NCCCN1CC[C@@H]2[C@@H](C1)c1cc(F)ccc1N2c1ccc(F)cc1. The van der Waals surface area contributed by atoms with E-state index in [1.807, 2.05) is 6.07 Å². The minimum atomic E-state index is -0.262. The lowest BCUT2D eigenvalue weighted by Gasteiger charge is -2.39. The molecule has 0 bridgehead atoms. The van der Waals surface area contributed by atoms with Crippen LogP contribution < -0.4 is 4.90 Å².